The van der Waals surface area contributed by atoms with Crippen LogP contribution in [0.3, 0.4) is 0 Å². The maximum absolute atomic E-state index is 13.4. The topological polar surface area (TPSA) is 57.7 Å². The van der Waals surface area contributed by atoms with Crippen molar-refractivity contribution < 1.29 is 17.6 Å². The van der Waals surface area contributed by atoms with Gasteiger partial charge in [0, 0.05) is 22.7 Å². The van der Waals surface area contributed by atoms with Crippen molar-refractivity contribution in [1.29, 1.82) is 0 Å². The van der Waals surface area contributed by atoms with Crippen molar-refractivity contribution in [1.82, 2.24) is 4.31 Å². The van der Waals surface area contributed by atoms with Crippen molar-refractivity contribution in [2.45, 2.75) is 30.8 Å². The molecule has 0 fully saturated rings. The predicted octanol–water partition coefficient (Wildman–Crippen LogP) is 4.76. The quantitative estimate of drug-likeness (QED) is 0.474. The zero-order valence-electron chi connectivity index (χ0n) is 17.4. The maximum atomic E-state index is 13.4. The summed E-state index contributed by atoms with van der Waals surface area (Å²) in [7, 11) is -3.95. The Labute approximate surface area is 195 Å². The van der Waals surface area contributed by atoms with E-state index < -0.39 is 15.8 Å². The van der Waals surface area contributed by atoms with Gasteiger partial charge in [-0.3, -0.25) is 4.79 Å². The molecule has 5 nitrogen and oxygen atoms in total. The summed E-state index contributed by atoms with van der Waals surface area (Å²) >= 11 is 3.46. The van der Waals surface area contributed by atoms with Gasteiger partial charge in [0.15, 0.2) is 0 Å². The normalized spacial score (nSPS) is 15.8. The van der Waals surface area contributed by atoms with Gasteiger partial charge in [-0.25, -0.2) is 12.8 Å². The average molecular weight is 517 g/mol. The molecule has 1 amide bonds. The van der Waals surface area contributed by atoms with Gasteiger partial charge in [-0.2, -0.15) is 4.31 Å². The molecule has 3 aromatic rings. The van der Waals surface area contributed by atoms with Gasteiger partial charge in [0.25, 0.3) is 0 Å². The number of hydrogen-bond acceptors (Lipinski definition) is 3. The number of hydrogen-bond donors (Lipinski definition) is 0. The number of halogens is 2. The van der Waals surface area contributed by atoms with Crippen LogP contribution in [0.5, 0.6) is 0 Å². The van der Waals surface area contributed by atoms with Gasteiger partial charge < -0.3 is 4.90 Å². The van der Waals surface area contributed by atoms with E-state index in [2.05, 4.69) is 15.9 Å². The van der Waals surface area contributed by atoms with E-state index in [-0.39, 0.29) is 29.9 Å². The Morgan fingerprint density at radius 2 is 1.78 bits per heavy atom. The van der Waals surface area contributed by atoms with Gasteiger partial charge in [-0.05, 0) is 66.9 Å². The second-order valence-electron chi connectivity index (χ2n) is 7.80. The van der Waals surface area contributed by atoms with Crippen LogP contribution in [0.2, 0.25) is 0 Å². The maximum Gasteiger partial charge on any atom is 0.243 e. The number of sulfonamides is 1. The summed E-state index contributed by atoms with van der Waals surface area (Å²) in [5.41, 5.74) is 2.43. The summed E-state index contributed by atoms with van der Waals surface area (Å²) in [4.78, 5) is 15.2. The van der Waals surface area contributed by atoms with Crippen LogP contribution in [0.1, 0.15) is 18.1 Å². The van der Waals surface area contributed by atoms with Crippen LogP contribution in [-0.4, -0.2) is 31.2 Å². The number of anilines is 1. The Morgan fingerprint density at radius 1 is 1.09 bits per heavy atom. The van der Waals surface area contributed by atoms with Crippen LogP contribution in [0.4, 0.5) is 10.1 Å². The zero-order chi connectivity index (χ0) is 22.9. The molecule has 0 bridgehead atoms. The zero-order valence-corrected chi connectivity index (χ0v) is 19.8. The largest absolute Gasteiger partial charge is 0.308 e. The fourth-order valence-corrected chi connectivity index (χ4v) is 5.77. The second kappa shape index (κ2) is 9.13. The molecule has 8 heteroatoms. The third-order valence-corrected chi connectivity index (χ3v) is 7.79. The standard InChI is InChI=1S/C24H22BrFN2O3S/c1-17-13-19-14-20(25)9-12-23(19)28(17)24(29)16-27(15-18-7-10-21(26)11-8-18)32(30,31)22-5-3-2-4-6-22/h2-12,14,17H,13,15-16H2,1H3/t17-/m1/s1. The number of nitrogens with zero attached hydrogens (tertiary/aromatic N) is 2. The fourth-order valence-electron chi connectivity index (χ4n) is 3.97. The molecule has 3 aromatic carbocycles. The van der Waals surface area contributed by atoms with E-state index in [0.29, 0.717) is 12.0 Å². The van der Waals surface area contributed by atoms with E-state index in [1.165, 1.54) is 36.4 Å². The van der Waals surface area contributed by atoms with E-state index in [0.717, 1.165) is 20.0 Å². The molecular formula is C24H22BrFN2O3S. The molecule has 166 valence electrons. The highest BCUT2D eigenvalue weighted by Crippen LogP contribution is 2.34. The first-order valence-electron chi connectivity index (χ1n) is 10.2. The fraction of sp³-hybridized carbons (Fsp3) is 0.208. The molecule has 0 unspecified atom stereocenters. The lowest BCUT2D eigenvalue weighted by atomic mass is 10.1. The first kappa shape index (κ1) is 22.6. The van der Waals surface area contributed by atoms with E-state index in [4.69, 9.17) is 0 Å². The molecule has 0 saturated carbocycles. The van der Waals surface area contributed by atoms with Crippen molar-refractivity contribution in [3.63, 3.8) is 0 Å². The molecule has 0 aliphatic carbocycles. The van der Waals surface area contributed by atoms with E-state index in [1.54, 1.807) is 23.1 Å². The summed E-state index contributed by atoms with van der Waals surface area (Å²) in [6.45, 7) is 1.58. The monoisotopic (exact) mass is 516 g/mol. The number of fused-ring (bicyclic) bond motifs is 1. The van der Waals surface area contributed by atoms with Crippen LogP contribution in [0, 0.1) is 5.82 Å². The van der Waals surface area contributed by atoms with Crippen LogP contribution in [-0.2, 0) is 27.8 Å². The van der Waals surface area contributed by atoms with E-state index >= 15 is 0 Å². The van der Waals surface area contributed by atoms with Crippen LogP contribution >= 0.6 is 15.9 Å². The van der Waals surface area contributed by atoms with Gasteiger partial charge >= 0.3 is 0 Å². The van der Waals surface area contributed by atoms with Crippen LogP contribution in [0.15, 0.2) is 82.2 Å². The molecule has 1 aliphatic rings. The van der Waals surface area contributed by atoms with Crippen molar-refractivity contribution in [3.8, 4) is 0 Å². The molecular weight excluding hydrogens is 495 g/mol. The molecule has 1 aliphatic heterocycles. The summed E-state index contributed by atoms with van der Waals surface area (Å²) < 4.78 is 42.2. The van der Waals surface area contributed by atoms with Crippen molar-refractivity contribution in [2.75, 3.05) is 11.4 Å². The Bertz CT molecular complexity index is 1230. The first-order chi connectivity index (χ1) is 15.3. The molecule has 32 heavy (non-hydrogen) atoms. The molecule has 4 rings (SSSR count). The third-order valence-electron chi connectivity index (χ3n) is 5.49. The SMILES string of the molecule is C[C@@H]1Cc2cc(Br)ccc2N1C(=O)CN(Cc1ccc(F)cc1)S(=O)(=O)c1ccccc1. The molecule has 0 spiro atoms. The molecule has 0 N–H and O–H groups in total. The van der Waals surface area contributed by atoms with Crippen LogP contribution in [0.25, 0.3) is 0 Å². The van der Waals surface area contributed by atoms with Crippen molar-refractivity contribution >= 4 is 37.5 Å². The van der Waals surface area contributed by atoms with Gasteiger partial charge in [0.05, 0.1) is 11.4 Å². The summed E-state index contributed by atoms with van der Waals surface area (Å²) in [6, 6.07) is 19.3. The predicted molar refractivity (Wildman–Crippen MR) is 125 cm³/mol. The molecule has 0 radical (unpaired) electrons. The molecule has 0 aromatic heterocycles. The number of carbonyl (C=O) groups is 1. The summed E-state index contributed by atoms with van der Waals surface area (Å²) in [6.07, 6.45) is 0.698. The van der Waals surface area contributed by atoms with E-state index in [9.17, 15) is 17.6 Å². The lowest BCUT2D eigenvalue weighted by Crippen LogP contribution is -2.44. The minimum Gasteiger partial charge on any atom is -0.308 e. The Kier molecular flexibility index (Phi) is 6.46. The molecule has 0 saturated heterocycles. The number of amides is 1. The first-order valence-corrected chi connectivity index (χ1v) is 12.4. The average Bonchev–Trinajstić information content (AvgIpc) is 3.10. The van der Waals surface area contributed by atoms with Gasteiger partial charge in [0.2, 0.25) is 15.9 Å². The highest BCUT2D eigenvalue weighted by Gasteiger charge is 2.34. The Balaban J connectivity index is 1.66. The van der Waals surface area contributed by atoms with Gasteiger partial charge in [-0.1, -0.05) is 46.3 Å². The highest BCUT2D eigenvalue weighted by molar-refractivity contribution is 9.10. The smallest absolute Gasteiger partial charge is 0.243 e. The molecule has 1 atom stereocenters. The molecule has 1 heterocycles. The summed E-state index contributed by atoms with van der Waals surface area (Å²) in [5, 5.41) is 0. The summed E-state index contributed by atoms with van der Waals surface area (Å²) in [5.74, 6) is -0.712. The Morgan fingerprint density at radius 3 is 2.47 bits per heavy atom. The lowest BCUT2D eigenvalue weighted by molar-refractivity contribution is -0.119. The highest BCUT2D eigenvalue weighted by atomic mass is 79.9. The van der Waals surface area contributed by atoms with Crippen molar-refractivity contribution in [3.05, 3.63) is 94.2 Å². The van der Waals surface area contributed by atoms with Gasteiger partial charge in [-0.15, -0.1) is 0 Å². The number of rotatable bonds is 6. The van der Waals surface area contributed by atoms with Crippen molar-refractivity contribution in [2.24, 2.45) is 0 Å². The minimum absolute atomic E-state index is 0.0430. The van der Waals surface area contributed by atoms with E-state index in [1.807, 2.05) is 25.1 Å². The minimum atomic E-state index is -3.95. The van der Waals surface area contributed by atoms with Gasteiger partial charge in [0.1, 0.15) is 5.82 Å². The lowest BCUT2D eigenvalue weighted by Gasteiger charge is -2.27. The second-order valence-corrected chi connectivity index (χ2v) is 10.7. The Hall–Kier alpha value is -2.55. The number of carbonyl (C=O) groups excluding carboxylic acids is 1. The van der Waals surface area contributed by atoms with Crippen LogP contribution < -0.4 is 4.90 Å². The third kappa shape index (κ3) is 4.62. The number of benzene rings is 3.